The van der Waals surface area contributed by atoms with Gasteiger partial charge in [0.1, 0.15) is 0 Å². The highest BCUT2D eigenvalue weighted by atomic mass is 35.5. The van der Waals surface area contributed by atoms with E-state index < -0.39 is 9.84 Å². The van der Waals surface area contributed by atoms with E-state index >= 15 is 0 Å². The van der Waals surface area contributed by atoms with Crippen LogP contribution in [0.15, 0.2) is 62.9 Å². The summed E-state index contributed by atoms with van der Waals surface area (Å²) in [6, 6.07) is 13.7. The van der Waals surface area contributed by atoms with Crippen LogP contribution in [0.1, 0.15) is 25.8 Å². The van der Waals surface area contributed by atoms with Crippen molar-refractivity contribution in [2.75, 3.05) is 5.32 Å². The molecule has 0 bridgehead atoms. The SMILES string of the molecule is CC[C@H](C)Nc1oc(-c2ccccc2Cl)nc1S(=O)(=O)c1ccc(C)cc1. The maximum absolute atomic E-state index is 13.2. The third-order valence-corrected chi connectivity index (χ3v) is 6.28. The van der Waals surface area contributed by atoms with Crippen LogP contribution in [0, 0.1) is 6.92 Å². The minimum Gasteiger partial charge on any atom is -0.419 e. The summed E-state index contributed by atoms with van der Waals surface area (Å²) >= 11 is 6.23. The molecule has 7 heteroatoms. The van der Waals surface area contributed by atoms with Gasteiger partial charge in [0.05, 0.1) is 15.5 Å². The van der Waals surface area contributed by atoms with Crippen LogP contribution in [-0.2, 0) is 9.84 Å². The summed E-state index contributed by atoms with van der Waals surface area (Å²) in [4.78, 5) is 4.46. The maximum Gasteiger partial charge on any atom is 0.234 e. The molecular formula is C20H21ClN2O3S. The van der Waals surface area contributed by atoms with Crippen LogP contribution in [0.25, 0.3) is 11.5 Å². The number of sulfone groups is 1. The minimum atomic E-state index is -3.85. The molecule has 0 radical (unpaired) electrons. The number of hydrogen-bond donors (Lipinski definition) is 1. The quantitative estimate of drug-likeness (QED) is 0.599. The lowest BCUT2D eigenvalue weighted by Crippen LogP contribution is -2.15. The van der Waals surface area contributed by atoms with E-state index in [9.17, 15) is 8.42 Å². The van der Waals surface area contributed by atoms with Crippen molar-refractivity contribution in [1.82, 2.24) is 4.98 Å². The average molecular weight is 405 g/mol. The smallest absolute Gasteiger partial charge is 0.234 e. The molecule has 0 saturated heterocycles. The van der Waals surface area contributed by atoms with Gasteiger partial charge < -0.3 is 9.73 Å². The number of nitrogens with one attached hydrogen (secondary N) is 1. The van der Waals surface area contributed by atoms with Crippen molar-refractivity contribution in [1.29, 1.82) is 0 Å². The first-order chi connectivity index (χ1) is 12.8. The Morgan fingerprint density at radius 3 is 2.44 bits per heavy atom. The van der Waals surface area contributed by atoms with Crippen molar-refractivity contribution >= 4 is 27.3 Å². The first-order valence-electron chi connectivity index (χ1n) is 8.67. The van der Waals surface area contributed by atoms with Crippen molar-refractivity contribution in [2.24, 2.45) is 0 Å². The highest BCUT2D eigenvalue weighted by molar-refractivity contribution is 7.91. The van der Waals surface area contributed by atoms with Crippen molar-refractivity contribution in [2.45, 2.75) is 43.2 Å². The highest BCUT2D eigenvalue weighted by Crippen LogP contribution is 2.35. The molecule has 0 amide bonds. The van der Waals surface area contributed by atoms with Gasteiger partial charge in [-0.15, -0.1) is 0 Å². The molecule has 0 unspecified atom stereocenters. The van der Waals surface area contributed by atoms with E-state index in [1.807, 2.05) is 20.8 Å². The van der Waals surface area contributed by atoms with Crippen molar-refractivity contribution < 1.29 is 12.8 Å². The van der Waals surface area contributed by atoms with Crippen LogP contribution in [0.4, 0.5) is 5.88 Å². The largest absolute Gasteiger partial charge is 0.419 e. The van der Waals surface area contributed by atoms with Crippen LogP contribution in [-0.4, -0.2) is 19.4 Å². The van der Waals surface area contributed by atoms with E-state index in [1.54, 1.807) is 48.5 Å². The van der Waals surface area contributed by atoms with E-state index in [1.165, 1.54) is 0 Å². The van der Waals surface area contributed by atoms with Crippen molar-refractivity contribution in [3.8, 4) is 11.5 Å². The summed E-state index contributed by atoms with van der Waals surface area (Å²) in [5.41, 5.74) is 1.51. The third kappa shape index (κ3) is 4.01. The summed E-state index contributed by atoms with van der Waals surface area (Å²) in [5, 5.41) is 3.41. The Kier molecular flexibility index (Phi) is 5.58. The Morgan fingerprint density at radius 1 is 1.15 bits per heavy atom. The van der Waals surface area contributed by atoms with Gasteiger partial charge >= 0.3 is 0 Å². The maximum atomic E-state index is 13.2. The molecule has 3 rings (SSSR count). The zero-order valence-corrected chi connectivity index (χ0v) is 16.9. The molecule has 3 aromatic rings. The number of oxazole rings is 1. The molecule has 27 heavy (non-hydrogen) atoms. The van der Waals surface area contributed by atoms with Crippen LogP contribution in [0.2, 0.25) is 5.02 Å². The normalized spacial score (nSPS) is 12.7. The van der Waals surface area contributed by atoms with Gasteiger partial charge in [0.15, 0.2) is 0 Å². The van der Waals surface area contributed by atoms with Gasteiger partial charge in [-0.3, -0.25) is 0 Å². The first-order valence-corrected chi connectivity index (χ1v) is 10.5. The third-order valence-electron chi connectivity index (χ3n) is 4.28. The van der Waals surface area contributed by atoms with Gasteiger partial charge in [0, 0.05) is 6.04 Å². The van der Waals surface area contributed by atoms with E-state index in [0.29, 0.717) is 10.6 Å². The molecule has 5 nitrogen and oxygen atoms in total. The molecule has 1 heterocycles. The highest BCUT2D eigenvalue weighted by Gasteiger charge is 2.29. The number of anilines is 1. The fourth-order valence-corrected chi connectivity index (χ4v) is 3.97. The summed E-state index contributed by atoms with van der Waals surface area (Å²) in [6.45, 7) is 5.84. The van der Waals surface area contributed by atoms with E-state index in [2.05, 4.69) is 10.3 Å². The second kappa shape index (κ2) is 7.74. The minimum absolute atomic E-state index is 0.0176. The molecule has 0 fully saturated rings. The Bertz CT molecular complexity index is 1040. The Hall–Kier alpha value is -2.31. The van der Waals surface area contributed by atoms with E-state index in [-0.39, 0.29) is 27.7 Å². The second-order valence-electron chi connectivity index (χ2n) is 6.40. The summed E-state index contributed by atoms with van der Waals surface area (Å²) in [6.07, 6.45) is 0.798. The molecule has 0 aliphatic heterocycles. The van der Waals surface area contributed by atoms with Crippen LogP contribution >= 0.6 is 11.6 Å². The Balaban J connectivity index is 2.15. The molecular weight excluding hydrogens is 384 g/mol. The van der Waals surface area contributed by atoms with Gasteiger partial charge in [-0.25, -0.2) is 8.42 Å². The summed E-state index contributed by atoms with van der Waals surface area (Å²) in [5.74, 6) is 0.289. The number of benzene rings is 2. The first kappa shape index (κ1) is 19.5. The van der Waals surface area contributed by atoms with E-state index in [4.69, 9.17) is 16.0 Å². The zero-order valence-electron chi connectivity index (χ0n) is 15.4. The number of rotatable bonds is 6. The standard InChI is InChI=1S/C20H21ClN2O3S/c1-4-14(3)22-19-20(27(24,25)15-11-9-13(2)10-12-15)23-18(26-19)16-7-5-6-8-17(16)21/h5-12,14,22H,4H2,1-3H3/t14-/m0/s1. The number of hydrogen-bond acceptors (Lipinski definition) is 5. The molecule has 0 spiro atoms. The molecule has 1 atom stereocenters. The molecule has 0 aliphatic rings. The van der Waals surface area contributed by atoms with Crippen LogP contribution in [0.5, 0.6) is 0 Å². The Labute approximate surface area is 164 Å². The topological polar surface area (TPSA) is 72.2 Å². The molecule has 2 aromatic carbocycles. The summed E-state index contributed by atoms with van der Waals surface area (Å²) in [7, 11) is -3.85. The zero-order chi connectivity index (χ0) is 19.6. The van der Waals surface area contributed by atoms with Gasteiger partial charge in [-0.2, -0.15) is 4.98 Å². The average Bonchev–Trinajstić information content (AvgIpc) is 3.06. The van der Waals surface area contributed by atoms with Crippen LogP contribution in [0.3, 0.4) is 0 Å². The number of aromatic nitrogens is 1. The molecule has 0 saturated carbocycles. The lowest BCUT2D eigenvalue weighted by atomic mass is 10.2. The monoisotopic (exact) mass is 404 g/mol. The number of aryl methyl sites for hydroxylation is 1. The molecule has 1 aromatic heterocycles. The van der Waals surface area contributed by atoms with Crippen LogP contribution < -0.4 is 5.32 Å². The fourth-order valence-electron chi connectivity index (χ4n) is 2.48. The van der Waals surface area contributed by atoms with Gasteiger partial charge in [-0.05, 0) is 44.5 Å². The van der Waals surface area contributed by atoms with E-state index in [0.717, 1.165) is 12.0 Å². The van der Waals surface area contributed by atoms with Gasteiger partial charge in [0.2, 0.25) is 26.6 Å². The van der Waals surface area contributed by atoms with Crippen molar-refractivity contribution in [3.05, 3.63) is 59.1 Å². The number of nitrogens with zero attached hydrogens (tertiary/aromatic N) is 1. The molecule has 0 aliphatic carbocycles. The fraction of sp³-hybridized carbons (Fsp3) is 0.250. The number of halogens is 1. The molecule has 1 N–H and O–H groups in total. The predicted octanol–water partition coefficient (Wildman–Crippen LogP) is 5.35. The lowest BCUT2D eigenvalue weighted by Gasteiger charge is -2.11. The van der Waals surface area contributed by atoms with Crippen molar-refractivity contribution in [3.63, 3.8) is 0 Å². The van der Waals surface area contributed by atoms with Gasteiger partial charge in [-0.1, -0.05) is 48.4 Å². The second-order valence-corrected chi connectivity index (χ2v) is 8.68. The molecule has 142 valence electrons. The predicted molar refractivity (Wildman–Crippen MR) is 107 cm³/mol. The Morgan fingerprint density at radius 2 is 1.81 bits per heavy atom. The summed E-state index contributed by atoms with van der Waals surface area (Å²) < 4.78 is 32.1. The van der Waals surface area contributed by atoms with Gasteiger partial charge in [0.25, 0.3) is 0 Å². The lowest BCUT2D eigenvalue weighted by molar-refractivity contribution is 0.566.